The van der Waals surface area contributed by atoms with Crippen molar-refractivity contribution in [2.75, 3.05) is 11.5 Å². The standard InChI is InChI=1S/C22H17ClFN3O2S/c1-14-9-10-16(23)21-20(14)26-22(30-21)27(12-15-6-4-5-11-25-15)19(28)13-29-18-8-3-2-7-17(18)24/h2-11H,12-13H2,1H3. The normalized spacial score (nSPS) is 10.9. The number of hydrogen-bond acceptors (Lipinski definition) is 5. The molecule has 0 aliphatic heterocycles. The van der Waals surface area contributed by atoms with Crippen molar-refractivity contribution >= 4 is 44.2 Å². The van der Waals surface area contributed by atoms with Crippen molar-refractivity contribution in [3.63, 3.8) is 0 Å². The van der Waals surface area contributed by atoms with Crippen molar-refractivity contribution < 1.29 is 13.9 Å². The van der Waals surface area contributed by atoms with E-state index in [-0.39, 0.29) is 24.8 Å². The van der Waals surface area contributed by atoms with Crippen LogP contribution < -0.4 is 9.64 Å². The van der Waals surface area contributed by atoms with Crippen molar-refractivity contribution in [3.05, 3.63) is 82.9 Å². The van der Waals surface area contributed by atoms with Gasteiger partial charge in [0.2, 0.25) is 0 Å². The highest BCUT2D eigenvalue weighted by molar-refractivity contribution is 7.23. The Bertz CT molecular complexity index is 1160. The Balaban J connectivity index is 1.66. The molecule has 30 heavy (non-hydrogen) atoms. The molecule has 0 atom stereocenters. The number of benzene rings is 2. The van der Waals surface area contributed by atoms with Gasteiger partial charge < -0.3 is 4.74 Å². The summed E-state index contributed by atoms with van der Waals surface area (Å²) in [5.41, 5.74) is 2.40. The first kappa shape index (κ1) is 20.3. The van der Waals surface area contributed by atoms with Crippen LogP contribution in [0.2, 0.25) is 5.02 Å². The number of pyridine rings is 1. The van der Waals surface area contributed by atoms with Crippen LogP contribution in [-0.2, 0) is 11.3 Å². The average molecular weight is 442 g/mol. The Morgan fingerprint density at radius 2 is 1.97 bits per heavy atom. The predicted molar refractivity (Wildman–Crippen MR) is 117 cm³/mol. The molecule has 152 valence electrons. The monoisotopic (exact) mass is 441 g/mol. The first-order chi connectivity index (χ1) is 14.5. The minimum Gasteiger partial charge on any atom is -0.481 e. The minimum atomic E-state index is -0.524. The van der Waals surface area contributed by atoms with Crippen LogP contribution in [0.4, 0.5) is 9.52 Å². The second-order valence-electron chi connectivity index (χ2n) is 6.56. The van der Waals surface area contributed by atoms with E-state index >= 15 is 0 Å². The molecule has 4 aromatic rings. The summed E-state index contributed by atoms with van der Waals surface area (Å²) in [5, 5.41) is 1.06. The Hall–Kier alpha value is -3.03. The molecule has 0 aliphatic carbocycles. The fourth-order valence-electron chi connectivity index (χ4n) is 2.90. The summed E-state index contributed by atoms with van der Waals surface area (Å²) in [4.78, 5) is 23.5. The third-order valence-corrected chi connectivity index (χ3v) is 5.99. The predicted octanol–water partition coefficient (Wildman–Crippen LogP) is 5.40. The van der Waals surface area contributed by atoms with Gasteiger partial charge in [-0.1, -0.05) is 47.2 Å². The zero-order chi connectivity index (χ0) is 21.1. The second kappa shape index (κ2) is 8.77. The number of amides is 1. The van der Waals surface area contributed by atoms with Gasteiger partial charge in [0.1, 0.15) is 0 Å². The van der Waals surface area contributed by atoms with Crippen LogP contribution >= 0.6 is 22.9 Å². The third-order valence-electron chi connectivity index (χ3n) is 4.45. The molecule has 0 N–H and O–H groups in total. The van der Waals surface area contributed by atoms with Crippen molar-refractivity contribution in [3.8, 4) is 5.75 Å². The molecular weight excluding hydrogens is 425 g/mol. The molecule has 2 aromatic heterocycles. The maximum Gasteiger partial charge on any atom is 0.267 e. The number of ether oxygens (including phenoxy) is 1. The van der Waals surface area contributed by atoms with E-state index in [9.17, 15) is 9.18 Å². The fourth-order valence-corrected chi connectivity index (χ4v) is 4.23. The number of para-hydroxylation sites is 1. The van der Waals surface area contributed by atoms with E-state index < -0.39 is 5.82 Å². The van der Waals surface area contributed by atoms with Gasteiger partial charge in [-0.25, -0.2) is 9.37 Å². The Morgan fingerprint density at radius 1 is 1.17 bits per heavy atom. The highest BCUT2D eigenvalue weighted by Gasteiger charge is 2.23. The minimum absolute atomic E-state index is 0.0202. The zero-order valence-corrected chi connectivity index (χ0v) is 17.6. The van der Waals surface area contributed by atoms with Gasteiger partial charge in [-0.15, -0.1) is 0 Å². The maximum absolute atomic E-state index is 13.9. The van der Waals surface area contributed by atoms with E-state index in [4.69, 9.17) is 16.3 Å². The van der Waals surface area contributed by atoms with Crippen LogP contribution in [0.5, 0.6) is 5.75 Å². The average Bonchev–Trinajstić information content (AvgIpc) is 3.21. The number of rotatable bonds is 6. The lowest BCUT2D eigenvalue weighted by Gasteiger charge is -2.19. The summed E-state index contributed by atoms with van der Waals surface area (Å²) in [6.45, 7) is 1.81. The lowest BCUT2D eigenvalue weighted by Crippen LogP contribution is -2.34. The van der Waals surface area contributed by atoms with Crippen LogP contribution in [0.15, 0.2) is 60.8 Å². The lowest BCUT2D eigenvalue weighted by atomic mass is 10.2. The van der Waals surface area contributed by atoms with Crippen molar-refractivity contribution in [1.29, 1.82) is 0 Å². The Morgan fingerprint density at radius 3 is 2.70 bits per heavy atom. The molecular formula is C22H17ClFN3O2S. The number of fused-ring (bicyclic) bond motifs is 1. The molecule has 0 aliphatic rings. The summed E-state index contributed by atoms with van der Waals surface area (Å²) >= 11 is 7.66. The molecule has 0 unspecified atom stereocenters. The number of hydrogen-bond donors (Lipinski definition) is 0. The maximum atomic E-state index is 13.9. The van der Waals surface area contributed by atoms with E-state index in [0.717, 1.165) is 15.8 Å². The van der Waals surface area contributed by atoms with E-state index in [1.54, 1.807) is 24.4 Å². The number of halogens is 2. The molecule has 0 radical (unpaired) electrons. The molecule has 0 saturated heterocycles. The van der Waals surface area contributed by atoms with Crippen molar-refractivity contribution in [2.24, 2.45) is 0 Å². The van der Waals surface area contributed by atoms with Gasteiger partial charge in [0.15, 0.2) is 23.3 Å². The molecule has 2 aromatic carbocycles. The van der Waals surface area contributed by atoms with E-state index in [1.807, 2.05) is 31.2 Å². The Kier molecular flexibility index (Phi) is 5.92. The van der Waals surface area contributed by atoms with Crippen LogP contribution in [-0.4, -0.2) is 22.5 Å². The summed E-state index contributed by atoms with van der Waals surface area (Å²) in [6, 6.07) is 15.1. The van der Waals surface area contributed by atoms with Gasteiger partial charge in [-0.05, 0) is 42.8 Å². The SMILES string of the molecule is Cc1ccc(Cl)c2sc(N(Cc3ccccn3)C(=O)COc3ccccc3F)nc12. The Labute approximate surface area is 181 Å². The molecule has 0 bridgehead atoms. The number of nitrogens with zero attached hydrogens (tertiary/aromatic N) is 3. The second-order valence-corrected chi connectivity index (χ2v) is 7.94. The number of thiazole rings is 1. The molecule has 8 heteroatoms. The molecule has 4 rings (SSSR count). The van der Waals surface area contributed by atoms with Gasteiger partial charge >= 0.3 is 0 Å². The topological polar surface area (TPSA) is 55.3 Å². The van der Waals surface area contributed by atoms with Gasteiger partial charge in [-0.3, -0.25) is 14.7 Å². The van der Waals surface area contributed by atoms with E-state index in [0.29, 0.717) is 15.8 Å². The molecule has 2 heterocycles. The van der Waals surface area contributed by atoms with E-state index in [1.165, 1.54) is 28.4 Å². The lowest BCUT2D eigenvalue weighted by molar-refractivity contribution is -0.120. The van der Waals surface area contributed by atoms with Gasteiger partial charge in [0, 0.05) is 6.20 Å². The third kappa shape index (κ3) is 4.27. The summed E-state index contributed by atoms with van der Waals surface area (Å²) < 4.78 is 20.1. The quantitative estimate of drug-likeness (QED) is 0.401. The molecule has 0 spiro atoms. The first-order valence-corrected chi connectivity index (χ1v) is 10.4. The van der Waals surface area contributed by atoms with E-state index in [2.05, 4.69) is 9.97 Å². The number of aryl methyl sites for hydroxylation is 1. The fraction of sp³-hybridized carbons (Fsp3) is 0.136. The number of carbonyl (C=O) groups excluding carboxylic acids is 1. The zero-order valence-electron chi connectivity index (χ0n) is 16.0. The first-order valence-electron chi connectivity index (χ1n) is 9.16. The van der Waals surface area contributed by atoms with Gasteiger partial charge in [0.25, 0.3) is 5.91 Å². The number of anilines is 1. The highest BCUT2D eigenvalue weighted by Crippen LogP contribution is 2.36. The smallest absolute Gasteiger partial charge is 0.267 e. The van der Waals surface area contributed by atoms with Crippen molar-refractivity contribution in [1.82, 2.24) is 9.97 Å². The largest absolute Gasteiger partial charge is 0.481 e. The molecule has 1 amide bonds. The number of carbonyl (C=O) groups is 1. The summed E-state index contributed by atoms with van der Waals surface area (Å²) in [5.74, 6) is -0.868. The van der Waals surface area contributed by atoms with Crippen LogP contribution in [0.25, 0.3) is 10.2 Å². The highest BCUT2D eigenvalue weighted by atomic mass is 35.5. The molecule has 5 nitrogen and oxygen atoms in total. The van der Waals surface area contributed by atoms with Crippen LogP contribution in [0.3, 0.4) is 0 Å². The van der Waals surface area contributed by atoms with Crippen LogP contribution in [0.1, 0.15) is 11.3 Å². The summed E-state index contributed by atoms with van der Waals surface area (Å²) in [7, 11) is 0. The van der Waals surface area contributed by atoms with Crippen LogP contribution in [0, 0.1) is 12.7 Å². The van der Waals surface area contributed by atoms with Gasteiger partial charge in [-0.2, -0.15) is 0 Å². The van der Waals surface area contributed by atoms with Crippen molar-refractivity contribution in [2.45, 2.75) is 13.5 Å². The molecule has 0 saturated carbocycles. The summed E-state index contributed by atoms with van der Waals surface area (Å²) in [6.07, 6.45) is 1.66. The van der Waals surface area contributed by atoms with Gasteiger partial charge in [0.05, 0.1) is 27.5 Å². The number of aromatic nitrogens is 2. The molecule has 0 fully saturated rings.